The van der Waals surface area contributed by atoms with Crippen molar-refractivity contribution >= 4 is 51.7 Å². The number of ether oxygens (including phenoxy) is 1. The fourth-order valence-electron chi connectivity index (χ4n) is 5.42. The summed E-state index contributed by atoms with van der Waals surface area (Å²) in [5.74, 6) is -2.10. The van der Waals surface area contributed by atoms with Crippen molar-refractivity contribution in [2.24, 2.45) is 21.5 Å². The number of hydrogen-bond donors (Lipinski definition) is 3. The molecule has 1 aromatic carbocycles. The molecule has 38 heavy (non-hydrogen) atoms. The predicted octanol–water partition coefficient (Wildman–Crippen LogP) is 3.22. The zero-order valence-corrected chi connectivity index (χ0v) is 23.0. The number of fused-ring (bicyclic) bond motifs is 1. The standard InChI is InChI=1S/C26H35N7O4S/c1-5-25(23(34)37-7-3)9-11-27-16-21(25)26(32-24(35)28-6-2)30-10-8-12-33(26)19-13-18(15-31-36-4)22-20(14-19)29-17-38-22/h8,10,12-15,17,21,27H,5-7,9,11,16H2,1-4H3,(H2,28,32,35)/b31-15+. The van der Waals surface area contributed by atoms with Crippen molar-refractivity contribution in [3.8, 4) is 0 Å². The topological polar surface area (TPSA) is 130 Å². The van der Waals surface area contributed by atoms with E-state index in [1.165, 1.54) is 18.4 Å². The number of nitrogens with one attached hydrogen (secondary N) is 3. The number of allylic oxidation sites excluding steroid dienone is 1. The van der Waals surface area contributed by atoms with Crippen molar-refractivity contribution in [1.29, 1.82) is 0 Å². The smallest absolute Gasteiger partial charge is 0.318 e. The lowest BCUT2D eigenvalue weighted by Gasteiger charge is -2.54. The number of carbonyl (C=O) groups is 2. The molecule has 12 heteroatoms. The Balaban J connectivity index is 1.93. The number of rotatable bonds is 9. The Hall–Kier alpha value is -3.51. The van der Waals surface area contributed by atoms with Crippen molar-refractivity contribution in [2.75, 3.05) is 38.3 Å². The number of hydrogen-bond acceptors (Lipinski definition) is 10. The van der Waals surface area contributed by atoms with Gasteiger partial charge in [-0.15, -0.1) is 11.3 Å². The first kappa shape index (κ1) is 27.5. The molecule has 11 nitrogen and oxygen atoms in total. The van der Waals surface area contributed by atoms with Crippen LogP contribution in [0.1, 0.15) is 39.2 Å². The van der Waals surface area contributed by atoms with Gasteiger partial charge in [0.1, 0.15) is 7.11 Å². The van der Waals surface area contributed by atoms with Gasteiger partial charge in [-0.25, -0.2) is 14.8 Å². The van der Waals surface area contributed by atoms with Gasteiger partial charge in [-0.2, -0.15) is 0 Å². The lowest BCUT2D eigenvalue weighted by Crippen LogP contribution is -2.72. The van der Waals surface area contributed by atoms with Gasteiger partial charge in [0.2, 0.25) is 5.79 Å². The molecule has 3 atom stereocenters. The number of aliphatic imine (C=N–C) groups is 1. The molecule has 2 aliphatic rings. The maximum absolute atomic E-state index is 13.6. The van der Waals surface area contributed by atoms with Crippen LogP contribution in [0.5, 0.6) is 0 Å². The highest BCUT2D eigenvalue weighted by Gasteiger charge is 2.59. The number of aromatic nitrogens is 1. The molecule has 3 unspecified atom stereocenters. The first-order valence-corrected chi connectivity index (χ1v) is 13.7. The van der Waals surface area contributed by atoms with Gasteiger partial charge in [0.05, 0.1) is 39.9 Å². The number of anilines is 1. The second kappa shape index (κ2) is 11.9. The lowest BCUT2D eigenvalue weighted by atomic mass is 9.65. The Morgan fingerprint density at radius 3 is 2.92 bits per heavy atom. The normalized spacial score (nSPS) is 25.1. The number of amides is 2. The Labute approximate surface area is 226 Å². The fourth-order valence-corrected chi connectivity index (χ4v) is 6.17. The Bertz CT molecular complexity index is 1250. The van der Waals surface area contributed by atoms with E-state index in [1.807, 2.05) is 37.1 Å². The van der Waals surface area contributed by atoms with E-state index in [0.717, 1.165) is 21.5 Å². The maximum atomic E-state index is 13.6. The highest BCUT2D eigenvalue weighted by molar-refractivity contribution is 7.17. The first-order valence-electron chi connectivity index (χ1n) is 12.8. The summed E-state index contributed by atoms with van der Waals surface area (Å²) < 4.78 is 6.58. The second-order valence-corrected chi connectivity index (χ2v) is 9.94. The number of carbonyl (C=O) groups excluding carboxylic acids is 2. The van der Waals surface area contributed by atoms with Crippen LogP contribution in [0.2, 0.25) is 0 Å². The molecule has 0 radical (unpaired) electrons. The zero-order chi connectivity index (χ0) is 27.2. The van der Waals surface area contributed by atoms with Gasteiger partial charge in [-0.1, -0.05) is 12.1 Å². The number of nitrogens with zero attached hydrogens (tertiary/aromatic N) is 4. The molecule has 4 rings (SSSR count). The highest BCUT2D eigenvalue weighted by Crippen LogP contribution is 2.48. The van der Waals surface area contributed by atoms with E-state index in [2.05, 4.69) is 26.1 Å². The molecule has 204 valence electrons. The summed E-state index contributed by atoms with van der Waals surface area (Å²) in [5.41, 5.74) is 3.20. The molecule has 2 aliphatic heterocycles. The van der Waals surface area contributed by atoms with E-state index in [9.17, 15) is 9.59 Å². The van der Waals surface area contributed by atoms with Crippen LogP contribution in [0, 0.1) is 11.3 Å². The van der Waals surface area contributed by atoms with E-state index >= 15 is 0 Å². The first-order chi connectivity index (χ1) is 18.5. The molecule has 2 aromatic rings. The molecule has 1 saturated heterocycles. The average molecular weight is 542 g/mol. The lowest BCUT2D eigenvalue weighted by molar-refractivity contribution is -0.164. The predicted molar refractivity (Wildman–Crippen MR) is 150 cm³/mol. The molecule has 3 heterocycles. The van der Waals surface area contributed by atoms with Gasteiger partial charge < -0.3 is 25.1 Å². The van der Waals surface area contributed by atoms with Crippen LogP contribution in [0.15, 0.2) is 40.1 Å². The number of benzene rings is 1. The average Bonchev–Trinajstić information content (AvgIpc) is 3.41. The summed E-state index contributed by atoms with van der Waals surface area (Å²) in [6.45, 7) is 7.45. The number of urea groups is 1. The van der Waals surface area contributed by atoms with Gasteiger partial charge in [0, 0.05) is 36.8 Å². The third-order valence-corrected chi connectivity index (χ3v) is 8.07. The Kier molecular flexibility index (Phi) is 8.62. The molecule has 0 spiro atoms. The van der Waals surface area contributed by atoms with Crippen molar-refractivity contribution in [1.82, 2.24) is 20.9 Å². The highest BCUT2D eigenvalue weighted by atomic mass is 32.1. The number of piperidine rings is 1. The van der Waals surface area contributed by atoms with Crippen LogP contribution in [-0.2, 0) is 14.4 Å². The molecule has 0 aliphatic carbocycles. The Morgan fingerprint density at radius 1 is 1.34 bits per heavy atom. The molecule has 0 bridgehead atoms. The number of esters is 1. The Morgan fingerprint density at radius 2 is 2.18 bits per heavy atom. The quantitative estimate of drug-likeness (QED) is 0.253. The molecular weight excluding hydrogens is 506 g/mol. The van der Waals surface area contributed by atoms with Crippen molar-refractivity contribution in [3.05, 3.63) is 35.5 Å². The maximum Gasteiger partial charge on any atom is 0.318 e. The zero-order valence-electron chi connectivity index (χ0n) is 22.2. The minimum atomic E-state index is -1.34. The van der Waals surface area contributed by atoms with Crippen LogP contribution in [-0.4, -0.2) is 68.6 Å². The van der Waals surface area contributed by atoms with Gasteiger partial charge >= 0.3 is 12.0 Å². The van der Waals surface area contributed by atoms with Gasteiger partial charge in [0.25, 0.3) is 0 Å². The van der Waals surface area contributed by atoms with Crippen molar-refractivity contribution in [2.45, 2.75) is 39.4 Å². The van der Waals surface area contributed by atoms with E-state index in [4.69, 9.17) is 14.6 Å². The van der Waals surface area contributed by atoms with E-state index in [0.29, 0.717) is 32.5 Å². The van der Waals surface area contributed by atoms with E-state index in [-0.39, 0.29) is 18.6 Å². The largest absolute Gasteiger partial charge is 0.466 e. The minimum Gasteiger partial charge on any atom is -0.466 e. The summed E-state index contributed by atoms with van der Waals surface area (Å²) >= 11 is 1.50. The minimum absolute atomic E-state index is 0.271. The summed E-state index contributed by atoms with van der Waals surface area (Å²) in [7, 11) is 1.49. The summed E-state index contributed by atoms with van der Waals surface area (Å²) in [6.07, 6.45) is 8.05. The number of oxime groups is 1. The van der Waals surface area contributed by atoms with Gasteiger partial charge in [-0.05, 0) is 51.4 Å². The van der Waals surface area contributed by atoms with E-state index < -0.39 is 17.1 Å². The van der Waals surface area contributed by atoms with Crippen LogP contribution < -0.4 is 20.9 Å². The SMILES string of the molecule is CCNC(=O)NC1(C2CNCCC2(CC)C(=O)OCC)N=CC=CN1c1cc(/C=N/OC)c2scnc2c1. The third-order valence-electron chi connectivity index (χ3n) is 7.18. The van der Waals surface area contributed by atoms with Crippen LogP contribution in [0.4, 0.5) is 10.5 Å². The molecule has 2 amide bonds. The monoisotopic (exact) mass is 541 g/mol. The summed E-state index contributed by atoms with van der Waals surface area (Å²) in [5, 5.41) is 13.4. The van der Waals surface area contributed by atoms with Crippen molar-refractivity contribution < 1.29 is 19.2 Å². The summed E-state index contributed by atoms with van der Waals surface area (Å²) in [6, 6.07) is 3.51. The molecule has 1 aromatic heterocycles. The molecule has 3 N–H and O–H groups in total. The van der Waals surface area contributed by atoms with E-state index in [1.54, 1.807) is 30.9 Å². The van der Waals surface area contributed by atoms with Crippen LogP contribution in [0.3, 0.4) is 0 Å². The molecular formula is C26H35N7O4S. The van der Waals surface area contributed by atoms with Gasteiger partial charge in [-0.3, -0.25) is 10.1 Å². The number of thiazole rings is 1. The fraction of sp³-hybridized carbons (Fsp3) is 0.500. The second-order valence-electron chi connectivity index (χ2n) is 9.09. The summed E-state index contributed by atoms with van der Waals surface area (Å²) in [4.78, 5) is 43.1. The van der Waals surface area contributed by atoms with Crippen molar-refractivity contribution in [3.63, 3.8) is 0 Å². The molecule has 0 saturated carbocycles. The van der Waals surface area contributed by atoms with Crippen LogP contribution in [0.25, 0.3) is 10.2 Å². The van der Waals surface area contributed by atoms with Gasteiger partial charge in [0.15, 0.2) is 0 Å². The molecule has 1 fully saturated rings. The third kappa shape index (κ3) is 4.97. The van der Waals surface area contributed by atoms with Crippen LogP contribution >= 0.6 is 11.3 Å².